The Balaban J connectivity index is 1.74. The molecule has 0 aromatic carbocycles. The third-order valence-corrected chi connectivity index (χ3v) is 6.10. The molecule has 2 saturated heterocycles. The highest BCUT2D eigenvalue weighted by Crippen LogP contribution is 2.36. The van der Waals surface area contributed by atoms with Gasteiger partial charge < -0.3 is 14.5 Å². The Labute approximate surface area is 156 Å². The molecule has 1 aromatic rings. The van der Waals surface area contributed by atoms with Gasteiger partial charge in [-0.25, -0.2) is 9.97 Å². The zero-order valence-electron chi connectivity index (χ0n) is 16.6. The number of methoxy groups -OCH3 is 1. The van der Waals surface area contributed by atoms with Crippen molar-refractivity contribution in [2.45, 2.75) is 46.5 Å². The molecule has 2 aliphatic heterocycles. The fraction of sp³-hybridized carbons (Fsp3) is 0.750. The van der Waals surface area contributed by atoms with Crippen molar-refractivity contribution < 1.29 is 9.53 Å². The zero-order valence-corrected chi connectivity index (χ0v) is 16.6. The molecule has 6 heteroatoms. The van der Waals surface area contributed by atoms with Gasteiger partial charge in [-0.15, -0.1) is 0 Å². The highest BCUT2D eigenvalue weighted by Gasteiger charge is 2.40. The van der Waals surface area contributed by atoms with Gasteiger partial charge in [0.25, 0.3) is 0 Å². The molecule has 2 atom stereocenters. The van der Waals surface area contributed by atoms with E-state index < -0.39 is 5.41 Å². The number of hydrogen-bond donors (Lipinski definition) is 0. The van der Waals surface area contributed by atoms with E-state index in [1.165, 1.54) is 20.0 Å². The molecule has 0 aliphatic carbocycles. The Hall–Kier alpha value is -1.85. The van der Waals surface area contributed by atoms with Crippen LogP contribution in [-0.4, -0.2) is 49.2 Å². The predicted octanol–water partition coefficient (Wildman–Crippen LogP) is 3.13. The molecule has 144 valence electrons. The number of hydrogen-bond acceptors (Lipinski definition) is 6. The molecule has 0 bridgehead atoms. The van der Waals surface area contributed by atoms with Crippen molar-refractivity contribution in [1.29, 1.82) is 0 Å². The number of carbonyl (C=O) groups is 1. The summed E-state index contributed by atoms with van der Waals surface area (Å²) < 4.78 is 5.03. The minimum atomic E-state index is -0.481. The topological polar surface area (TPSA) is 58.6 Å². The summed E-state index contributed by atoms with van der Waals surface area (Å²) in [6.45, 7) is 10.2. The smallest absolute Gasteiger partial charge is 0.311 e. The highest BCUT2D eigenvalue weighted by molar-refractivity contribution is 5.76. The van der Waals surface area contributed by atoms with Crippen molar-refractivity contribution in [3.63, 3.8) is 0 Å². The van der Waals surface area contributed by atoms with Crippen molar-refractivity contribution in [2.24, 2.45) is 17.3 Å². The lowest BCUT2D eigenvalue weighted by atomic mass is 9.74. The zero-order chi connectivity index (χ0) is 18.7. The van der Waals surface area contributed by atoms with E-state index >= 15 is 0 Å². The molecule has 26 heavy (non-hydrogen) atoms. The third kappa shape index (κ3) is 3.94. The van der Waals surface area contributed by atoms with Crippen molar-refractivity contribution >= 4 is 17.6 Å². The third-order valence-electron chi connectivity index (χ3n) is 6.10. The molecule has 3 heterocycles. The van der Waals surface area contributed by atoms with Crippen LogP contribution in [0.1, 0.15) is 46.5 Å². The van der Waals surface area contributed by atoms with Gasteiger partial charge in [0.05, 0.1) is 12.5 Å². The van der Waals surface area contributed by atoms with Gasteiger partial charge in [-0.05, 0) is 51.4 Å². The summed E-state index contributed by atoms with van der Waals surface area (Å²) in [6.07, 6.45) is 6.30. The van der Waals surface area contributed by atoms with Crippen LogP contribution in [0, 0.1) is 17.3 Å². The van der Waals surface area contributed by atoms with E-state index in [1.54, 1.807) is 6.33 Å². The molecule has 1 aromatic heterocycles. The summed E-state index contributed by atoms with van der Waals surface area (Å²) in [5.41, 5.74) is -0.481. The minimum absolute atomic E-state index is 0.130. The second-order valence-electron chi connectivity index (χ2n) is 8.43. The van der Waals surface area contributed by atoms with Crippen LogP contribution < -0.4 is 9.80 Å². The summed E-state index contributed by atoms with van der Waals surface area (Å²) in [4.78, 5) is 25.9. The van der Waals surface area contributed by atoms with Crippen molar-refractivity contribution in [3.05, 3.63) is 12.4 Å². The van der Waals surface area contributed by atoms with Gasteiger partial charge in [-0.2, -0.15) is 0 Å². The van der Waals surface area contributed by atoms with Crippen molar-refractivity contribution in [2.75, 3.05) is 43.1 Å². The molecule has 0 amide bonds. The Morgan fingerprint density at radius 3 is 2.35 bits per heavy atom. The predicted molar refractivity (Wildman–Crippen MR) is 103 cm³/mol. The molecular weight excluding hydrogens is 328 g/mol. The second-order valence-corrected chi connectivity index (χ2v) is 8.43. The first-order valence-electron chi connectivity index (χ1n) is 9.82. The van der Waals surface area contributed by atoms with E-state index in [2.05, 4.69) is 32.8 Å². The quantitative estimate of drug-likeness (QED) is 0.769. The summed E-state index contributed by atoms with van der Waals surface area (Å²) in [5.74, 6) is 2.84. The second kappa shape index (κ2) is 7.80. The Bertz CT molecular complexity index is 634. The van der Waals surface area contributed by atoms with Gasteiger partial charge in [0, 0.05) is 32.2 Å². The van der Waals surface area contributed by atoms with Crippen LogP contribution in [0.4, 0.5) is 11.6 Å². The molecule has 2 unspecified atom stereocenters. The van der Waals surface area contributed by atoms with Crippen LogP contribution in [0.5, 0.6) is 0 Å². The van der Waals surface area contributed by atoms with Gasteiger partial charge in [0.2, 0.25) is 0 Å². The molecule has 2 aliphatic rings. The van der Waals surface area contributed by atoms with Crippen LogP contribution in [0.3, 0.4) is 0 Å². The first-order valence-corrected chi connectivity index (χ1v) is 9.82. The Morgan fingerprint density at radius 1 is 1.12 bits per heavy atom. The maximum absolute atomic E-state index is 12.2. The van der Waals surface area contributed by atoms with Crippen LogP contribution in [0.2, 0.25) is 0 Å². The molecule has 2 fully saturated rings. The largest absolute Gasteiger partial charge is 0.469 e. The van der Waals surface area contributed by atoms with E-state index in [1.807, 2.05) is 13.8 Å². The Morgan fingerprint density at radius 2 is 1.73 bits per heavy atom. The van der Waals surface area contributed by atoms with Crippen molar-refractivity contribution in [3.8, 4) is 0 Å². The molecular formula is C20H32N4O2. The van der Waals surface area contributed by atoms with Crippen LogP contribution in [0.25, 0.3) is 0 Å². The van der Waals surface area contributed by atoms with E-state index in [0.717, 1.165) is 50.7 Å². The number of aromatic nitrogens is 2. The van der Waals surface area contributed by atoms with Crippen LogP contribution >= 0.6 is 0 Å². The first kappa shape index (κ1) is 18.9. The van der Waals surface area contributed by atoms with Gasteiger partial charge in [-0.3, -0.25) is 4.79 Å². The number of carbonyl (C=O) groups excluding carboxylic acids is 1. The molecule has 6 nitrogen and oxygen atoms in total. The molecule has 0 spiro atoms. The number of anilines is 2. The lowest BCUT2D eigenvalue weighted by molar-refractivity contribution is -0.154. The monoisotopic (exact) mass is 360 g/mol. The van der Waals surface area contributed by atoms with Gasteiger partial charge in [-0.1, -0.05) is 6.92 Å². The summed E-state index contributed by atoms with van der Waals surface area (Å²) >= 11 is 0. The molecule has 0 N–H and O–H groups in total. The minimum Gasteiger partial charge on any atom is -0.469 e. The maximum atomic E-state index is 12.2. The van der Waals surface area contributed by atoms with Crippen molar-refractivity contribution in [1.82, 2.24) is 9.97 Å². The van der Waals surface area contributed by atoms with Gasteiger partial charge in [0.1, 0.15) is 18.0 Å². The van der Waals surface area contributed by atoms with Gasteiger partial charge in [0.15, 0.2) is 0 Å². The average molecular weight is 361 g/mol. The summed E-state index contributed by atoms with van der Waals surface area (Å²) in [5, 5.41) is 0. The maximum Gasteiger partial charge on any atom is 0.311 e. The number of rotatable bonds is 4. The van der Waals surface area contributed by atoms with E-state index in [-0.39, 0.29) is 11.9 Å². The number of piperidine rings is 2. The normalized spacial score (nSPS) is 24.5. The summed E-state index contributed by atoms with van der Waals surface area (Å²) in [7, 11) is 1.47. The number of esters is 1. The first-order chi connectivity index (χ1) is 12.4. The SMILES string of the molecule is COC(=O)C(C)(C)C1CCCN(c2cc(N3CCCC(C)C3)ncn2)C1. The molecule has 0 saturated carbocycles. The molecule has 3 rings (SSSR count). The fourth-order valence-electron chi connectivity index (χ4n) is 4.28. The molecule has 0 radical (unpaired) electrons. The summed E-state index contributed by atoms with van der Waals surface area (Å²) in [6, 6.07) is 2.12. The average Bonchev–Trinajstić information content (AvgIpc) is 2.67. The van der Waals surface area contributed by atoms with E-state index in [4.69, 9.17) is 4.74 Å². The van der Waals surface area contributed by atoms with Crippen LogP contribution in [-0.2, 0) is 9.53 Å². The fourth-order valence-corrected chi connectivity index (χ4v) is 4.28. The van der Waals surface area contributed by atoms with Crippen LogP contribution in [0.15, 0.2) is 12.4 Å². The number of ether oxygens (including phenoxy) is 1. The lowest BCUT2D eigenvalue weighted by Crippen LogP contribution is -2.45. The van der Waals surface area contributed by atoms with E-state index in [0.29, 0.717) is 5.92 Å². The highest BCUT2D eigenvalue weighted by atomic mass is 16.5. The standard InChI is InChI=1S/C20H32N4O2/c1-15-7-5-9-23(12-15)17-11-18(22-14-21-17)24-10-6-8-16(13-24)20(2,3)19(25)26-4/h11,14-16H,5-10,12-13H2,1-4H3. The van der Waals surface area contributed by atoms with E-state index in [9.17, 15) is 4.79 Å². The Kier molecular flexibility index (Phi) is 5.68. The van der Waals surface area contributed by atoms with Gasteiger partial charge >= 0.3 is 5.97 Å². The number of nitrogens with zero attached hydrogens (tertiary/aromatic N) is 4. The lowest BCUT2D eigenvalue weighted by Gasteiger charge is -2.40.